The second-order valence-electron chi connectivity index (χ2n) is 8.47. The van der Waals surface area contributed by atoms with Crippen LogP contribution < -0.4 is 5.32 Å². The maximum Gasteiger partial charge on any atom is 0.416 e. The van der Waals surface area contributed by atoms with E-state index in [1.54, 1.807) is 37.3 Å². The van der Waals surface area contributed by atoms with Gasteiger partial charge in [0.15, 0.2) is 5.69 Å². The maximum atomic E-state index is 13.3. The molecule has 3 aromatic carbocycles. The molecule has 0 bridgehead atoms. The number of halogens is 7. The van der Waals surface area contributed by atoms with Crippen LogP contribution >= 0.6 is 0 Å². The van der Waals surface area contributed by atoms with Gasteiger partial charge in [-0.05, 0) is 48.4 Å². The molecule has 0 aliphatic carbocycles. The monoisotopic (exact) mass is 536 g/mol. The Hall–Kier alpha value is -4.22. The molecule has 1 atom stereocenters. The smallest absolute Gasteiger partial charge is 0.344 e. The molecule has 1 aromatic heterocycles. The Morgan fingerprint density at radius 1 is 0.895 bits per heavy atom. The van der Waals surface area contributed by atoms with E-state index in [0.717, 1.165) is 4.68 Å². The van der Waals surface area contributed by atoms with Crippen LogP contribution in [0.4, 0.5) is 30.7 Å². The SMILES string of the molecule is CC(NC(=O)c1nnn(Cc2cc(C(F)(F)F)cc(C(F)(F)F)c2)c1-c1ccccc1)c1ccc(F)cc1. The molecule has 0 radical (unpaired) electrons. The minimum absolute atomic E-state index is 0.0403. The lowest BCUT2D eigenvalue weighted by molar-refractivity contribution is -0.143. The normalized spacial score (nSPS) is 12.8. The number of hydrogen-bond donors (Lipinski definition) is 1. The van der Waals surface area contributed by atoms with Gasteiger partial charge in [-0.2, -0.15) is 26.3 Å². The Balaban J connectivity index is 1.73. The third-order valence-corrected chi connectivity index (χ3v) is 5.69. The largest absolute Gasteiger partial charge is 0.416 e. The van der Waals surface area contributed by atoms with Crippen LogP contribution in [0.1, 0.15) is 45.7 Å². The number of alkyl halides is 6. The fourth-order valence-corrected chi connectivity index (χ4v) is 3.84. The zero-order valence-corrected chi connectivity index (χ0v) is 19.6. The molecule has 1 unspecified atom stereocenters. The number of nitrogens with zero attached hydrogens (tertiary/aromatic N) is 3. The number of carbonyl (C=O) groups excluding carboxylic acids is 1. The van der Waals surface area contributed by atoms with Gasteiger partial charge in [0, 0.05) is 5.56 Å². The van der Waals surface area contributed by atoms with Crippen molar-refractivity contribution in [1.29, 1.82) is 0 Å². The molecular weight excluding hydrogens is 517 g/mol. The minimum atomic E-state index is -5.01. The highest BCUT2D eigenvalue weighted by Crippen LogP contribution is 2.37. The van der Waals surface area contributed by atoms with Crippen molar-refractivity contribution in [2.45, 2.75) is 31.9 Å². The molecule has 1 heterocycles. The summed E-state index contributed by atoms with van der Waals surface area (Å²) >= 11 is 0. The zero-order valence-electron chi connectivity index (χ0n) is 19.6. The number of rotatable bonds is 6. The molecule has 0 fully saturated rings. The Labute approximate surface area is 211 Å². The van der Waals surface area contributed by atoms with Gasteiger partial charge in [0.1, 0.15) is 11.5 Å². The fraction of sp³-hybridized carbons (Fsp3) is 0.192. The minimum Gasteiger partial charge on any atom is -0.344 e. The van der Waals surface area contributed by atoms with Crippen LogP contribution in [0.25, 0.3) is 11.3 Å². The number of carbonyl (C=O) groups is 1. The molecule has 5 nitrogen and oxygen atoms in total. The third kappa shape index (κ3) is 6.01. The summed E-state index contributed by atoms with van der Waals surface area (Å²) in [5.41, 5.74) is -2.34. The van der Waals surface area contributed by atoms with Crippen LogP contribution in [0.15, 0.2) is 72.8 Å². The van der Waals surface area contributed by atoms with Gasteiger partial charge in [0.05, 0.1) is 23.7 Å². The van der Waals surface area contributed by atoms with Crippen molar-refractivity contribution >= 4 is 5.91 Å². The van der Waals surface area contributed by atoms with Gasteiger partial charge in [-0.15, -0.1) is 5.10 Å². The van der Waals surface area contributed by atoms with Gasteiger partial charge >= 0.3 is 12.4 Å². The first kappa shape index (κ1) is 26.8. The summed E-state index contributed by atoms with van der Waals surface area (Å²) in [5, 5.41) is 10.5. The predicted octanol–water partition coefficient (Wildman–Crippen LogP) is 6.66. The average molecular weight is 536 g/mol. The van der Waals surface area contributed by atoms with E-state index in [-0.39, 0.29) is 23.0 Å². The summed E-state index contributed by atoms with van der Waals surface area (Å²) in [7, 11) is 0. The lowest BCUT2D eigenvalue weighted by Gasteiger charge is -2.16. The first-order valence-electron chi connectivity index (χ1n) is 11.2. The van der Waals surface area contributed by atoms with Crippen molar-refractivity contribution < 1.29 is 35.5 Å². The molecule has 4 aromatic rings. The highest BCUT2D eigenvalue weighted by Gasteiger charge is 2.37. The van der Waals surface area contributed by atoms with Crippen LogP contribution in [-0.2, 0) is 18.9 Å². The third-order valence-electron chi connectivity index (χ3n) is 5.69. The topological polar surface area (TPSA) is 59.8 Å². The van der Waals surface area contributed by atoms with E-state index in [0.29, 0.717) is 23.3 Å². The summed E-state index contributed by atoms with van der Waals surface area (Å²) in [5.74, 6) is -1.14. The predicted molar refractivity (Wildman–Crippen MR) is 123 cm³/mol. The molecule has 0 spiro atoms. The summed E-state index contributed by atoms with van der Waals surface area (Å²) in [6.07, 6.45) is -10.0. The first-order chi connectivity index (χ1) is 17.8. The number of nitrogens with one attached hydrogen (secondary N) is 1. The average Bonchev–Trinajstić information content (AvgIpc) is 3.27. The van der Waals surface area contributed by atoms with Gasteiger partial charge in [0.2, 0.25) is 0 Å². The number of benzene rings is 3. The van der Waals surface area contributed by atoms with Gasteiger partial charge < -0.3 is 5.32 Å². The van der Waals surface area contributed by atoms with Crippen LogP contribution in [0.3, 0.4) is 0 Å². The summed E-state index contributed by atoms with van der Waals surface area (Å²) < 4.78 is 94.3. The fourth-order valence-electron chi connectivity index (χ4n) is 3.84. The van der Waals surface area contributed by atoms with Crippen molar-refractivity contribution in [3.63, 3.8) is 0 Å². The summed E-state index contributed by atoms with van der Waals surface area (Å²) in [6.45, 7) is 1.13. The van der Waals surface area contributed by atoms with E-state index in [1.807, 2.05) is 0 Å². The molecule has 4 rings (SSSR count). The molecule has 198 valence electrons. The lowest BCUT2D eigenvalue weighted by atomic mass is 10.0. The Bertz CT molecular complexity index is 1400. The molecule has 0 aliphatic rings. The van der Waals surface area contributed by atoms with E-state index in [4.69, 9.17) is 0 Å². The summed E-state index contributed by atoms with van der Waals surface area (Å²) in [6, 6.07) is 14.3. The molecule has 1 amide bonds. The zero-order chi connectivity index (χ0) is 27.7. The molecule has 1 N–H and O–H groups in total. The van der Waals surface area contributed by atoms with Crippen LogP contribution in [0.5, 0.6) is 0 Å². The van der Waals surface area contributed by atoms with Crippen LogP contribution in [0, 0.1) is 5.82 Å². The molecule has 0 saturated carbocycles. The van der Waals surface area contributed by atoms with Crippen LogP contribution in [-0.4, -0.2) is 20.9 Å². The Morgan fingerprint density at radius 3 is 2.03 bits per heavy atom. The molecule has 0 saturated heterocycles. The van der Waals surface area contributed by atoms with Crippen LogP contribution in [0.2, 0.25) is 0 Å². The number of hydrogen-bond acceptors (Lipinski definition) is 3. The van der Waals surface area contributed by atoms with Gasteiger partial charge in [-0.1, -0.05) is 47.7 Å². The van der Waals surface area contributed by atoms with Gasteiger partial charge in [-0.25, -0.2) is 9.07 Å². The van der Waals surface area contributed by atoms with Crippen molar-refractivity contribution in [3.8, 4) is 11.3 Å². The quantitative estimate of drug-likeness (QED) is 0.281. The van der Waals surface area contributed by atoms with E-state index in [1.165, 1.54) is 24.3 Å². The van der Waals surface area contributed by atoms with Crippen molar-refractivity contribution in [1.82, 2.24) is 20.3 Å². The maximum absolute atomic E-state index is 13.3. The molecule has 38 heavy (non-hydrogen) atoms. The Kier molecular flexibility index (Phi) is 7.25. The van der Waals surface area contributed by atoms with Crippen molar-refractivity contribution in [2.24, 2.45) is 0 Å². The molecular formula is C26H19F7N4O. The van der Waals surface area contributed by atoms with Gasteiger partial charge in [0.25, 0.3) is 5.91 Å². The lowest BCUT2D eigenvalue weighted by Crippen LogP contribution is -2.27. The highest BCUT2D eigenvalue weighted by atomic mass is 19.4. The van der Waals surface area contributed by atoms with Gasteiger partial charge in [-0.3, -0.25) is 4.79 Å². The second-order valence-corrected chi connectivity index (χ2v) is 8.47. The van der Waals surface area contributed by atoms with E-state index < -0.39 is 47.8 Å². The Morgan fingerprint density at radius 2 is 1.47 bits per heavy atom. The molecule has 0 aliphatic heterocycles. The first-order valence-corrected chi connectivity index (χ1v) is 11.2. The van der Waals surface area contributed by atoms with E-state index in [9.17, 15) is 35.5 Å². The standard InChI is InChI=1S/C26H19F7N4O/c1-15(17-7-9-21(27)10-8-17)34-24(38)22-23(18-5-3-2-4-6-18)37(36-35-22)14-16-11-19(25(28,29)30)13-20(12-16)26(31,32)33/h2-13,15H,14H2,1H3,(H,34,38). The van der Waals surface area contributed by atoms with E-state index in [2.05, 4.69) is 15.6 Å². The highest BCUT2D eigenvalue weighted by molar-refractivity contribution is 5.98. The molecule has 12 heteroatoms. The van der Waals surface area contributed by atoms with Crippen molar-refractivity contribution in [2.75, 3.05) is 0 Å². The van der Waals surface area contributed by atoms with Crippen molar-refractivity contribution in [3.05, 3.63) is 107 Å². The number of amides is 1. The summed E-state index contributed by atoms with van der Waals surface area (Å²) in [4.78, 5) is 13.1. The number of aromatic nitrogens is 3. The second kappa shape index (κ2) is 10.3. The van der Waals surface area contributed by atoms with E-state index >= 15 is 0 Å².